The number of fused-ring (bicyclic) bond motifs is 1. The topological polar surface area (TPSA) is 45.0 Å². The minimum absolute atomic E-state index is 0.586. The number of H-pyrrole nitrogens is 1. The monoisotopic (exact) mass is 203 g/mol. The first-order chi connectivity index (χ1) is 7.15. The Bertz CT molecular complexity index is 483. The second-order valence-electron chi connectivity index (χ2n) is 4.06. The molecule has 1 aromatic carbocycles. The summed E-state index contributed by atoms with van der Waals surface area (Å²) >= 11 is 0. The van der Waals surface area contributed by atoms with Gasteiger partial charge in [-0.1, -0.05) is 6.07 Å². The molecular formula is C12H17N3. The zero-order valence-corrected chi connectivity index (χ0v) is 9.46. The first-order valence-electron chi connectivity index (χ1n) is 5.12. The van der Waals surface area contributed by atoms with Crippen LogP contribution in [0.1, 0.15) is 11.1 Å². The molecule has 2 aromatic rings. The number of anilines is 1. The van der Waals surface area contributed by atoms with E-state index < -0.39 is 0 Å². The summed E-state index contributed by atoms with van der Waals surface area (Å²) in [5.74, 6) is 0. The maximum absolute atomic E-state index is 5.74. The SMILES string of the molecule is Cc1c[nH]c2c(N(C)C)ccc(CN)c12. The molecule has 0 saturated carbocycles. The van der Waals surface area contributed by atoms with Gasteiger partial charge in [0.25, 0.3) is 0 Å². The van der Waals surface area contributed by atoms with Crippen LogP contribution in [0, 0.1) is 6.92 Å². The van der Waals surface area contributed by atoms with Crippen LogP contribution >= 0.6 is 0 Å². The number of nitrogens with zero attached hydrogens (tertiary/aromatic N) is 1. The van der Waals surface area contributed by atoms with Crippen LogP contribution < -0.4 is 10.6 Å². The number of nitrogens with one attached hydrogen (secondary N) is 1. The van der Waals surface area contributed by atoms with E-state index in [0.717, 1.165) is 0 Å². The standard InChI is InChI=1S/C12H17N3/c1-8-7-14-12-10(15(2)3)5-4-9(6-13)11(8)12/h4-5,7,14H,6,13H2,1-3H3. The van der Waals surface area contributed by atoms with Gasteiger partial charge in [-0.05, 0) is 24.1 Å². The lowest BCUT2D eigenvalue weighted by Gasteiger charge is -2.15. The lowest BCUT2D eigenvalue weighted by atomic mass is 10.1. The van der Waals surface area contributed by atoms with Crippen LogP contribution in [0.2, 0.25) is 0 Å². The Labute approximate surface area is 89.9 Å². The molecule has 0 unspecified atom stereocenters. The van der Waals surface area contributed by atoms with Crippen molar-refractivity contribution >= 4 is 16.6 Å². The van der Waals surface area contributed by atoms with Crippen LogP contribution in [0.4, 0.5) is 5.69 Å². The first-order valence-corrected chi connectivity index (χ1v) is 5.12. The summed E-state index contributed by atoms with van der Waals surface area (Å²) in [6, 6.07) is 4.22. The third-order valence-electron chi connectivity index (χ3n) is 2.80. The Morgan fingerprint density at radius 3 is 2.67 bits per heavy atom. The molecule has 0 saturated heterocycles. The molecule has 3 N–H and O–H groups in total. The van der Waals surface area contributed by atoms with Crippen LogP contribution in [0.25, 0.3) is 10.9 Å². The van der Waals surface area contributed by atoms with E-state index in [1.165, 1.54) is 27.7 Å². The second kappa shape index (κ2) is 3.59. The van der Waals surface area contributed by atoms with Crippen molar-refractivity contribution in [3.05, 3.63) is 29.5 Å². The van der Waals surface area contributed by atoms with Crippen molar-refractivity contribution in [2.45, 2.75) is 13.5 Å². The molecule has 15 heavy (non-hydrogen) atoms. The number of nitrogens with two attached hydrogens (primary N) is 1. The Morgan fingerprint density at radius 2 is 2.07 bits per heavy atom. The van der Waals surface area contributed by atoms with Gasteiger partial charge in [0.15, 0.2) is 0 Å². The van der Waals surface area contributed by atoms with Crippen molar-refractivity contribution in [2.24, 2.45) is 5.73 Å². The summed E-state index contributed by atoms with van der Waals surface area (Å²) < 4.78 is 0. The maximum atomic E-state index is 5.74. The van der Waals surface area contributed by atoms with Crippen LogP contribution in [-0.4, -0.2) is 19.1 Å². The lowest BCUT2D eigenvalue weighted by molar-refractivity contribution is 1.08. The molecule has 1 aromatic heterocycles. The van der Waals surface area contributed by atoms with Crippen molar-refractivity contribution in [3.63, 3.8) is 0 Å². The van der Waals surface area contributed by atoms with E-state index in [2.05, 4.69) is 28.9 Å². The minimum atomic E-state index is 0.586. The summed E-state index contributed by atoms with van der Waals surface area (Å²) in [7, 11) is 4.10. The summed E-state index contributed by atoms with van der Waals surface area (Å²) in [5, 5.41) is 1.27. The lowest BCUT2D eigenvalue weighted by Crippen LogP contribution is -2.09. The van der Waals surface area contributed by atoms with Crippen molar-refractivity contribution in [2.75, 3.05) is 19.0 Å². The van der Waals surface area contributed by atoms with Crippen LogP contribution in [0.15, 0.2) is 18.3 Å². The van der Waals surface area contributed by atoms with Gasteiger partial charge in [-0.3, -0.25) is 0 Å². The van der Waals surface area contributed by atoms with Crippen LogP contribution in [0.3, 0.4) is 0 Å². The summed E-state index contributed by atoms with van der Waals surface area (Å²) in [6.07, 6.45) is 2.04. The highest BCUT2D eigenvalue weighted by molar-refractivity contribution is 5.96. The van der Waals surface area contributed by atoms with Crippen LogP contribution in [-0.2, 0) is 6.54 Å². The van der Waals surface area contributed by atoms with E-state index in [1.807, 2.05) is 20.3 Å². The predicted molar refractivity (Wildman–Crippen MR) is 65.3 cm³/mol. The fraction of sp³-hybridized carbons (Fsp3) is 0.333. The highest BCUT2D eigenvalue weighted by Gasteiger charge is 2.09. The number of aromatic nitrogens is 1. The van der Waals surface area contributed by atoms with Gasteiger partial charge in [-0.2, -0.15) is 0 Å². The fourth-order valence-electron chi connectivity index (χ4n) is 2.03. The van der Waals surface area contributed by atoms with Gasteiger partial charge in [0.05, 0.1) is 11.2 Å². The second-order valence-corrected chi connectivity index (χ2v) is 4.06. The van der Waals surface area contributed by atoms with Crippen molar-refractivity contribution in [3.8, 4) is 0 Å². The average molecular weight is 203 g/mol. The van der Waals surface area contributed by atoms with Gasteiger partial charge in [-0.15, -0.1) is 0 Å². The summed E-state index contributed by atoms with van der Waals surface area (Å²) in [6.45, 7) is 2.69. The molecule has 0 aliphatic heterocycles. The zero-order chi connectivity index (χ0) is 11.0. The van der Waals surface area contributed by atoms with Gasteiger partial charge >= 0.3 is 0 Å². The van der Waals surface area contributed by atoms with Gasteiger partial charge < -0.3 is 15.6 Å². The molecular weight excluding hydrogens is 186 g/mol. The molecule has 3 heteroatoms. The van der Waals surface area contributed by atoms with E-state index in [-0.39, 0.29) is 0 Å². The van der Waals surface area contributed by atoms with E-state index in [9.17, 15) is 0 Å². The molecule has 3 nitrogen and oxygen atoms in total. The number of hydrogen-bond acceptors (Lipinski definition) is 2. The molecule has 0 bridgehead atoms. The highest BCUT2D eigenvalue weighted by atomic mass is 15.1. The number of aryl methyl sites for hydroxylation is 1. The normalized spacial score (nSPS) is 10.9. The van der Waals surface area contributed by atoms with Crippen molar-refractivity contribution < 1.29 is 0 Å². The first kappa shape index (κ1) is 10.1. The molecule has 0 spiro atoms. The Morgan fingerprint density at radius 1 is 1.33 bits per heavy atom. The minimum Gasteiger partial charge on any atom is -0.376 e. The van der Waals surface area contributed by atoms with Crippen molar-refractivity contribution in [1.29, 1.82) is 0 Å². The van der Waals surface area contributed by atoms with Gasteiger partial charge in [0.2, 0.25) is 0 Å². The predicted octanol–water partition coefficient (Wildman–Crippen LogP) is 2.00. The zero-order valence-electron chi connectivity index (χ0n) is 9.46. The molecule has 0 atom stereocenters. The average Bonchev–Trinajstić information content (AvgIpc) is 2.60. The molecule has 0 fully saturated rings. The molecule has 80 valence electrons. The molecule has 2 rings (SSSR count). The molecule has 1 heterocycles. The summed E-state index contributed by atoms with van der Waals surface area (Å²) in [4.78, 5) is 5.42. The number of hydrogen-bond donors (Lipinski definition) is 2. The van der Waals surface area contributed by atoms with E-state index in [4.69, 9.17) is 5.73 Å². The smallest absolute Gasteiger partial charge is 0.0697 e. The number of aromatic amines is 1. The van der Waals surface area contributed by atoms with E-state index >= 15 is 0 Å². The van der Waals surface area contributed by atoms with Crippen LogP contribution in [0.5, 0.6) is 0 Å². The molecule has 0 amide bonds. The number of benzene rings is 1. The summed E-state index contributed by atoms with van der Waals surface area (Å²) in [5.41, 5.74) is 10.6. The maximum Gasteiger partial charge on any atom is 0.0697 e. The third-order valence-corrected chi connectivity index (χ3v) is 2.80. The number of rotatable bonds is 2. The molecule has 0 aliphatic carbocycles. The Kier molecular flexibility index (Phi) is 2.40. The van der Waals surface area contributed by atoms with Gasteiger partial charge in [0.1, 0.15) is 0 Å². The van der Waals surface area contributed by atoms with E-state index in [1.54, 1.807) is 0 Å². The van der Waals surface area contributed by atoms with Gasteiger partial charge in [-0.25, -0.2) is 0 Å². The third kappa shape index (κ3) is 1.49. The largest absolute Gasteiger partial charge is 0.376 e. The fourth-order valence-corrected chi connectivity index (χ4v) is 2.03. The van der Waals surface area contributed by atoms with E-state index in [0.29, 0.717) is 6.54 Å². The quantitative estimate of drug-likeness (QED) is 0.784. The molecule has 0 radical (unpaired) electrons. The molecule has 0 aliphatic rings. The van der Waals surface area contributed by atoms with Gasteiger partial charge in [0, 0.05) is 32.2 Å². The Hall–Kier alpha value is -1.48. The highest BCUT2D eigenvalue weighted by Crippen LogP contribution is 2.29. The van der Waals surface area contributed by atoms with Crippen molar-refractivity contribution in [1.82, 2.24) is 4.98 Å². The Balaban J connectivity index is 2.79.